The van der Waals surface area contributed by atoms with Gasteiger partial charge in [0.15, 0.2) is 0 Å². The second-order valence-electron chi connectivity index (χ2n) is 6.17. The Balaban J connectivity index is 1.98. The van der Waals surface area contributed by atoms with Crippen LogP contribution in [0.3, 0.4) is 0 Å². The summed E-state index contributed by atoms with van der Waals surface area (Å²) in [6, 6.07) is 7.90. The minimum Gasteiger partial charge on any atom is -0.377 e. The van der Waals surface area contributed by atoms with Crippen LogP contribution in [0.15, 0.2) is 40.6 Å². The summed E-state index contributed by atoms with van der Waals surface area (Å²) >= 11 is 1.48. The maximum Gasteiger partial charge on any atom is 0.273 e. The van der Waals surface area contributed by atoms with Crippen molar-refractivity contribution >= 4 is 27.0 Å². The molecule has 3 rings (SSSR count). The lowest BCUT2D eigenvalue weighted by Gasteiger charge is -2.25. The Morgan fingerprint density at radius 1 is 1.35 bits per heavy atom. The van der Waals surface area contributed by atoms with Crippen molar-refractivity contribution in [3.05, 3.63) is 56.3 Å². The molecule has 0 aliphatic carbocycles. The second-order valence-corrected chi connectivity index (χ2v) is 9.11. The third-order valence-corrected chi connectivity index (χ3v) is 7.23. The van der Waals surface area contributed by atoms with E-state index < -0.39 is 14.9 Å². The van der Waals surface area contributed by atoms with Crippen molar-refractivity contribution in [3.8, 4) is 0 Å². The van der Waals surface area contributed by atoms with Gasteiger partial charge in [-0.3, -0.25) is 10.1 Å². The molecule has 1 saturated heterocycles. The van der Waals surface area contributed by atoms with Crippen molar-refractivity contribution in [2.75, 3.05) is 13.2 Å². The number of hydrogen-bond acceptors (Lipinski definition) is 6. The average Bonchev–Trinajstić information content (AvgIpc) is 3.27. The van der Waals surface area contributed by atoms with E-state index in [0.717, 1.165) is 17.7 Å². The number of hydrogen-bond donors (Lipinski definition) is 0. The highest BCUT2D eigenvalue weighted by Crippen LogP contribution is 2.29. The van der Waals surface area contributed by atoms with Crippen LogP contribution in [-0.2, 0) is 21.3 Å². The van der Waals surface area contributed by atoms with E-state index in [0.29, 0.717) is 6.61 Å². The Hall–Kier alpha value is -1.81. The normalized spacial score (nSPS) is 17.7. The molecule has 2 aromatic rings. The molecule has 1 aliphatic heterocycles. The average molecular weight is 396 g/mol. The second kappa shape index (κ2) is 7.83. The largest absolute Gasteiger partial charge is 0.377 e. The van der Waals surface area contributed by atoms with Crippen LogP contribution in [0, 0.1) is 17.0 Å². The monoisotopic (exact) mass is 396 g/mol. The first-order chi connectivity index (χ1) is 12.4. The minimum atomic E-state index is -3.90. The van der Waals surface area contributed by atoms with E-state index in [1.165, 1.54) is 40.8 Å². The highest BCUT2D eigenvalue weighted by molar-refractivity contribution is 7.89. The molecule has 9 heteroatoms. The zero-order valence-corrected chi connectivity index (χ0v) is 16.0. The van der Waals surface area contributed by atoms with E-state index >= 15 is 0 Å². The smallest absolute Gasteiger partial charge is 0.273 e. The summed E-state index contributed by atoms with van der Waals surface area (Å²) in [7, 11) is -3.90. The molecule has 0 N–H and O–H groups in total. The maximum atomic E-state index is 13.3. The molecule has 0 amide bonds. The summed E-state index contributed by atoms with van der Waals surface area (Å²) in [6.45, 7) is 2.57. The predicted octanol–water partition coefficient (Wildman–Crippen LogP) is 3.33. The Labute approximate surface area is 156 Å². The minimum absolute atomic E-state index is 0.0266. The Bertz CT molecular complexity index is 875. The fraction of sp³-hybridized carbons (Fsp3) is 0.412. The van der Waals surface area contributed by atoms with E-state index in [4.69, 9.17) is 4.74 Å². The van der Waals surface area contributed by atoms with E-state index in [9.17, 15) is 18.5 Å². The first kappa shape index (κ1) is 19.0. The van der Waals surface area contributed by atoms with Gasteiger partial charge in [0.1, 0.15) is 0 Å². The quantitative estimate of drug-likeness (QED) is 0.529. The number of sulfonamides is 1. The number of nitrogens with zero attached hydrogens (tertiary/aromatic N) is 2. The van der Waals surface area contributed by atoms with E-state index in [-0.39, 0.29) is 35.3 Å². The number of nitro benzene ring substituents is 1. The van der Waals surface area contributed by atoms with Crippen LogP contribution in [0.5, 0.6) is 0 Å². The summed E-state index contributed by atoms with van der Waals surface area (Å²) in [4.78, 5) is 11.5. The molecule has 0 radical (unpaired) electrons. The molecule has 1 aromatic heterocycles. The first-order valence-corrected chi connectivity index (χ1v) is 10.6. The number of nitro groups is 1. The molecular weight excluding hydrogens is 376 g/mol. The summed E-state index contributed by atoms with van der Waals surface area (Å²) in [5.74, 6) is 0. The van der Waals surface area contributed by atoms with E-state index in [1.807, 2.05) is 17.5 Å². The van der Waals surface area contributed by atoms with Crippen LogP contribution in [0.1, 0.15) is 23.3 Å². The summed E-state index contributed by atoms with van der Waals surface area (Å²) in [6.07, 6.45) is 1.57. The van der Waals surface area contributed by atoms with Crippen LogP contribution in [-0.4, -0.2) is 36.9 Å². The third-order valence-electron chi connectivity index (χ3n) is 4.41. The Morgan fingerprint density at radius 3 is 2.77 bits per heavy atom. The lowest BCUT2D eigenvalue weighted by atomic mass is 10.2. The van der Waals surface area contributed by atoms with Crippen molar-refractivity contribution in [2.45, 2.75) is 37.3 Å². The molecule has 140 valence electrons. The Kier molecular flexibility index (Phi) is 5.71. The van der Waals surface area contributed by atoms with Crippen LogP contribution in [0.2, 0.25) is 0 Å². The first-order valence-electron chi connectivity index (χ1n) is 8.27. The summed E-state index contributed by atoms with van der Waals surface area (Å²) in [5.41, 5.74) is -0.0414. The van der Waals surface area contributed by atoms with Gasteiger partial charge in [-0.25, -0.2) is 8.42 Å². The fourth-order valence-electron chi connectivity index (χ4n) is 3.06. The van der Waals surface area contributed by atoms with Crippen LogP contribution >= 0.6 is 11.3 Å². The number of ether oxygens (including phenoxy) is 1. The van der Waals surface area contributed by atoms with Crippen LogP contribution in [0.25, 0.3) is 0 Å². The fourth-order valence-corrected chi connectivity index (χ4v) is 5.55. The van der Waals surface area contributed by atoms with Gasteiger partial charge in [0.25, 0.3) is 5.69 Å². The van der Waals surface area contributed by atoms with Crippen LogP contribution < -0.4 is 0 Å². The van der Waals surface area contributed by atoms with Gasteiger partial charge in [-0.05, 0) is 37.3 Å². The molecule has 0 bridgehead atoms. The van der Waals surface area contributed by atoms with Crippen LogP contribution in [0.4, 0.5) is 5.69 Å². The molecule has 1 atom stereocenters. The van der Waals surface area contributed by atoms with E-state index in [1.54, 1.807) is 0 Å². The molecular formula is C17H20N2O5S2. The topological polar surface area (TPSA) is 89.8 Å². The molecule has 0 unspecified atom stereocenters. The molecule has 0 saturated carbocycles. The molecule has 26 heavy (non-hydrogen) atoms. The van der Waals surface area contributed by atoms with Gasteiger partial charge in [-0.1, -0.05) is 12.1 Å². The SMILES string of the molecule is Cc1c([N+](=O)[O-])cccc1S(=O)(=O)N(Cc1cccs1)C[C@H]1CCCO1. The zero-order valence-electron chi connectivity index (χ0n) is 14.3. The highest BCUT2D eigenvalue weighted by Gasteiger charge is 2.32. The van der Waals surface area contributed by atoms with Gasteiger partial charge >= 0.3 is 0 Å². The third kappa shape index (κ3) is 3.96. The van der Waals surface area contributed by atoms with Gasteiger partial charge < -0.3 is 4.74 Å². The number of benzene rings is 1. The van der Waals surface area contributed by atoms with Crippen molar-refractivity contribution < 1.29 is 18.1 Å². The van der Waals surface area contributed by atoms with Gasteiger partial charge in [0, 0.05) is 36.2 Å². The van der Waals surface area contributed by atoms with Gasteiger partial charge in [0.05, 0.1) is 15.9 Å². The molecule has 0 spiro atoms. The standard InChI is InChI=1S/C17H20N2O5S2/c1-13-16(19(20)21)7-2-8-17(13)26(22,23)18(11-14-5-3-9-24-14)12-15-6-4-10-25-15/h2,4,6-8,10,14H,3,5,9,11-12H2,1H3/t14-/m1/s1. The lowest BCUT2D eigenvalue weighted by Crippen LogP contribution is -2.37. The van der Waals surface area contributed by atoms with Crippen molar-refractivity contribution in [1.29, 1.82) is 0 Å². The molecule has 1 aromatic carbocycles. The lowest BCUT2D eigenvalue weighted by molar-refractivity contribution is -0.385. The summed E-state index contributed by atoms with van der Waals surface area (Å²) in [5, 5.41) is 13.1. The number of rotatable bonds is 7. The van der Waals surface area contributed by atoms with Gasteiger partial charge in [-0.2, -0.15) is 4.31 Å². The summed E-state index contributed by atoms with van der Waals surface area (Å²) < 4.78 is 33.6. The van der Waals surface area contributed by atoms with Gasteiger partial charge in [-0.15, -0.1) is 11.3 Å². The van der Waals surface area contributed by atoms with E-state index in [2.05, 4.69) is 0 Å². The predicted molar refractivity (Wildman–Crippen MR) is 98.7 cm³/mol. The molecule has 7 nitrogen and oxygen atoms in total. The highest BCUT2D eigenvalue weighted by atomic mass is 32.2. The maximum absolute atomic E-state index is 13.3. The number of thiophene rings is 1. The van der Waals surface area contributed by atoms with Crippen molar-refractivity contribution in [2.24, 2.45) is 0 Å². The van der Waals surface area contributed by atoms with Crippen molar-refractivity contribution in [3.63, 3.8) is 0 Å². The van der Waals surface area contributed by atoms with Crippen molar-refractivity contribution in [1.82, 2.24) is 4.31 Å². The molecule has 1 fully saturated rings. The van der Waals surface area contributed by atoms with Gasteiger partial charge in [0.2, 0.25) is 10.0 Å². The Morgan fingerprint density at radius 2 is 2.15 bits per heavy atom. The zero-order chi connectivity index (χ0) is 18.7. The molecule has 1 aliphatic rings. The molecule has 2 heterocycles.